The van der Waals surface area contributed by atoms with E-state index in [1.54, 1.807) is 6.42 Å². The van der Waals surface area contributed by atoms with Crippen LogP contribution in [0.15, 0.2) is 24.3 Å². The van der Waals surface area contributed by atoms with Crippen molar-refractivity contribution >= 4 is 0 Å². The standard InChI is InChI=1S/C16H23FNO2/c17-14-6-4-13(5-7-14)8-11-18-10-2-1-3-15(18)16(20)9-12-19/h4-7,9,15-16,19-20H,1-3,8,10-12H2. The van der Waals surface area contributed by atoms with Gasteiger partial charge in [0.15, 0.2) is 0 Å². The molecule has 0 bridgehead atoms. The summed E-state index contributed by atoms with van der Waals surface area (Å²) in [6, 6.07) is 6.68. The lowest BCUT2D eigenvalue weighted by Gasteiger charge is -2.38. The molecule has 1 heterocycles. The Kier molecular flexibility index (Phi) is 5.95. The SMILES string of the molecule is OC[CH]C(O)C1CCCCN1CCc1ccc(F)cc1. The predicted molar refractivity (Wildman–Crippen MR) is 76.7 cm³/mol. The molecule has 0 spiro atoms. The minimum atomic E-state index is -0.575. The molecule has 20 heavy (non-hydrogen) atoms. The Morgan fingerprint density at radius 1 is 1.30 bits per heavy atom. The second-order valence-corrected chi connectivity index (χ2v) is 5.38. The minimum absolute atomic E-state index is 0.0938. The number of halogens is 1. The largest absolute Gasteiger partial charge is 0.396 e. The molecule has 1 fully saturated rings. The Morgan fingerprint density at radius 2 is 2.05 bits per heavy atom. The molecule has 0 aliphatic carbocycles. The Hall–Kier alpha value is -0.970. The lowest BCUT2D eigenvalue weighted by molar-refractivity contribution is 0.0384. The van der Waals surface area contributed by atoms with Crippen molar-refractivity contribution in [1.82, 2.24) is 4.90 Å². The molecule has 2 atom stereocenters. The highest BCUT2D eigenvalue weighted by Crippen LogP contribution is 2.21. The number of aliphatic hydroxyl groups is 2. The van der Waals surface area contributed by atoms with E-state index in [-0.39, 0.29) is 18.5 Å². The third-order valence-corrected chi connectivity index (χ3v) is 4.01. The van der Waals surface area contributed by atoms with Gasteiger partial charge in [0.2, 0.25) is 0 Å². The topological polar surface area (TPSA) is 43.7 Å². The van der Waals surface area contributed by atoms with Gasteiger partial charge in [0.25, 0.3) is 0 Å². The summed E-state index contributed by atoms with van der Waals surface area (Å²) in [6.07, 6.45) is 5.05. The maximum absolute atomic E-state index is 12.9. The molecule has 0 saturated carbocycles. The van der Waals surface area contributed by atoms with Gasteiger partial charge >= 0.3 is 0 Å². The number of nitrogens with zero attached hydrogens (tertiary/aromatic N) is 1. The molecule has 4 heteroatoms. The van der Waals surface area contributed by atoms with Gasteiger partial charge in [-0.2, -0.15) is 0 Å². The van der Waals surface area contributed by atoms with E-state index in [1.807, 2.05) is 12.1 Å². The zero-order valence-corrected chi connectivity index (χ0v) is 11.7. The van der Waals surface area contributed by atoms with Gasteiger partial charge in [-0.1, -0.05) is 18.6 Å². The first kappa shape index (κ1) is 15.4. The van der Waals surface area contributed by atoms with Crippen LogP contribution in [-0.4, -0.2) is 47.0 Å². The lowest BCUT2D eigenvalue weighted by atomic mass is 9.95. The highest BCUT2D eigenvalue weighted by Gasteiger charge is 2.28. The van der Waals surface area contributed by atoms with Crippen LogP contribution < -0.4 is 0 Å². The van der Waals surface area contributed by atoms with Crippen LogP contribution in [0, 0.1) is 12.2 Å². The smallest absolute Gasteiger partial charge is 0.123 e. The van der Waals surface area contributed by atoms with Crippen LogP contribution in [0.1, 0.15) is 24.8 Å². The van der Waals surface area contributed by atoms with E-state index in [4.69, 9.17) is 5.11 Å². The molecule has 1 aliphatic rings. The van der Waals surface area contributed by atoms with Gasteiger partial charge in [0.05, 0.1) is 6.10 Å². The average Bonchev–Trinajstić information content (AvgIpc) is 2.47. The first-order valence-corrected chi connectivity index (χ1v) is 7.31. The van der Waals surface area contributed by atoms with Gasteiger partial charge in [-0.3, -0.25) is 4.90 Å². The van der Waals surface area contributed by atoms with Gasteiger partial charge in [0, 0.05) is 25.6 Å². The Labute approximate surface area is 120 Å². The molecule has 2 N–H and O–H groups in total. The second-order valence-electron chi connectivity index (χ2n) is 5.38. The highest BCUT2D eigenvalue weighted by molar-refractivity contribution is 5.16. The third kappa shape index (κ3) is 4.27. The number of hydrogen-bond donors (Lipinski definition) is 2. The third-order valence-electron chi connectivity index (χ3n) is 4.01. The van der Waals surface area contributed by atoms with Crippen molar-refractivity contribution < 1.29 is 14.6 Å². The van der Waals surface area contributed by atoms with Gasteiger partial charge < -0.3 is 10.2 Å². The van der Waals surface area contributed by atoms with Crippen molar-refractivity contribution in [1.29, 1.82) is 0 Å². The number of benzene rings is 1. The zero-order valence-electron chi connectivity index (χ0n) is 11.7. The first-order chi connectivity index (χ1) is 9.70. The monoisotopic (exact) mass is 280 g/mol. The van der Waals surface area contributed by atoms with Crippen LogP contribution in [0.2, 0.25) is 0 Å². The fraction of sp³-hybridized carbons (Fsp3) is 0.562. The molecule has 2 unspecified atom stereocenters. The van der Waals surface area contributed by atoms with Crippen LogP contribution in [0.3, 0.4) is 0 Å². The summed E-state index contributed by atoms with van der Waals surface area (Å²) in [5.74, 6) is -0.211. The van der Waals surface area contributed by atoms with E-state index in [1.165, 1.54) is 12.1 Å². The summed E-state index contributed by atoms with van der Waals surface area (Å²) in [4.78, 5) is 2.28. The Bertz CT molecular complexity index is 396. The fourth-order valence-corrected chi connectivity index (χ4v) is 2.87. The number of hydrogen-bond acceptors (Lipinski definition) is 3. The summed E-state index contributed by atoms with van der Waals surface area (Å²) in [7, 11) is 0. The van der Waals surface area contributed by atoms with Crippen LogP contribution in [0.5, 0.6) is 0 Å². The molecule has 1 aromatic rings. The van der Waals surface area contributed by atoms with Gasteiger partial charge in [-0.05, 0) is 43.5 Å². The molecule has 111 valence electrons. The van der Waals surface area contributed by atoms with E-state index in [0.29, 0.717) is 0 Å². The molecular formula is C16H23FNO2. The van der Waals surface area contributed by atoms with Crippen molar-refractivity contribution in [2.75, 3.05) is 19.7 Å². The van der Waals surface area contributed by atoms with E-state index in [0.717, 1.165) is 44.3 Å². The van der Waals surface area contributed by atoms with Crippen LogP contribution in [0.4, 0.5) is 4.39 Å². The van der Waals surface area contributed by atoms with Crippen LogP contribution >= 0.6 is 0 Å². The quantitative estimate of drug-likeness (QED) is 0.835. The molecule has 3 nitrogen and oxygen atoms in total. The summed E-state index contributed by atoms with van der Waals surface area (Å²) in [5.41, 5.74) is 1.11. The fourth-order valence-electron chi connectivity index (χ4n) is 2.87. The minimum Gasteiger partial charge on any atom is -0.396 e. The van der Waals surface area contributed by atoms with Gasteiger partial charge in [-0.15, -0.1) is 0 Å². The summed E-state index contributed by atoms with van der Waals surface area (Å²) < 4.78 is 12.9. The van der Waals surface area contributed by atoms with Crippen molar-refractivity contribution in [2.24, 2.45) is 0 Å². The number of aliphatic hydroxyl groups excluding tert-OH is 2. The van der Waals surface area contributed by atoms with Crippen molar-refractivity contribution in [3.63, 3.8) is 0 Å². The van der Waals surface area contributed by atoms with Gasteiger partial charge in [-0.25, -0.2) is 4.39 Å². The number of likely N-dealkylation sites (tertiary alicyclic amines) is 1. The van der Waals surface area contributed by atoms with Crippen LogP contribution in [-0.2, 0) is 6.42 Å². The first-order valence-electron chi connectivity index (χ1n) is 7.31. The summed E-state index contributed by atoms with van der Waals surface area (Å²) in [5, 5.41) is 19.0. The summed E-state index contributed by atoms with van der Waals surface area (Å²) >= 11 is 0. The molecule has 1 aliphatic heterocycles. The van der Waals surface area contributed by atoms with Crippen molar-refractivity contribution in [3.8, 4) is 0 Å². The van der Waals surface area contributed by atoms with E-state index in [9.17, 15) is 9.50 Å². The maximum Gasteiger partial charge on any atom is 0.123 e. The van der Waals surface area contributed by atoms with E-state index in [2.05, 4.69) is 4.90 Å². The molecule has 0 aromatic heterocycles. The molecule has 1 saturated heterocycles. The normalized spacial score (nSPS) is 21.9. The van der Waals surface area contributed by atoms with Crippen molar-refractivity contribution in [3.05, 3.63) is 42.1 Å². The Morgan fingerprint density at radius 3 is 2.75 bits per heavy atom. The van der Waals surface area contributed by atoms with E-state index >= 15 is 0 Å². The molecule has 0 amide bonds. The van der Waals surface area contributed by atoms with Crippen LogP contribution in [0.25, 0.3) is 0 Å². The zero-order chi connectivity index (χ0) is 14.4. The predicted octanol–water partition coefficient (Wildman–Crippen LogP) is 1.78. The highest BCUT2D eigenvalue weighted by atomic mass is 19.1. The molecular weight excluding hydrogens is 257 g/mol. The molecule has 1 aromatic carbocycles. The van der Waals surface area contributed by atoms with Crippen molar-refractivity contribution in [2.45, 2.75) is 37.8 Å². The van der Waals surface area contributed by atoms with E-state index < -0.39 is 6.10 Å². The second kappa shape index (κ2) is 7.72. The Balaban J connectivity index is 1.89. The average molecular weight is 280 g/mol. The lowest BCUT2D eigenvalue weighted by Crippen LogP contribution is -2.48. The number of rotatable bonds is 6. The number of piperidine rings is 1. The summed E-state index contributed by atoms with van der Waals surface area (Å²) in [6.45, 7) is 1.73. The molecule has 2 rings (SSSR count). The van der Waals surface area contributed by atoms with Gasteiger partial charge in [0.1, 0.15) is 5.82 Å². The molecule has 1 radical (unpaired) electrons. The maximum atomic E-state index is 12.9.